The Balaban J connectivity index is 2.08. The summed E-state index contributed by atoms with van der Waals surface area (Å²) in [7, 11) is 0. The maximum atomic E-state index is 14.8. The number of benzene rings is 2. The van der Waals surface area contributed by atoms with Gasteiger partial charge in [-0.1, -0.05) is 57.4 Å². The molecular formula is C35H51N3O6. The van der Waals surface area contributed by atoms with Gasteiger partial charge in [0, 0.05) is 18.5 Å². The van der Waals surface area contributed by atoms with Crippen molar-refractivity contribution in [3.05, 3.63) is 59.7 Å². The minimum atomic E-state index is -1.07. The van der Waals surface area contributed by atoms with Crippen molar-refractivity contribution in [2.24, 2.45) is 5.92 Å². The Morgan fingerprint density at radius 2 is 1.59 bits per heavy atom. The van der Waals surface area contributed by atoms with Crippen LogP contribution in [0.15, 0.2) is 48.5 Å². The van der Waals surface area contributed by atoms with Gasteiger partial charge in [0.15, 0.2) is 0 Å². The first-order chi connectivity index (χ1) is 20.7. The van der Waals surface area contributed by atoms with Crippen molar-refractivity contribution < 1.29 is 29.3 Å². The zero-order valence-corrected chi connectivity index (χ0v) is 27.1. The third kappa shape index (κ3) is 10.8. The summed E-state index contributed by atoms with van der Waals surface area (Å²) >= 11 is 0. The van der Waals surface area contributed by atoms with E-state index in [1.807, 2.05) is 6.92 Å². The van der Waals surface area contributed by atoms with Gasteiger partial charge < -0.3 is 30.5 Å². The Labute approximate surface area is 262 Å². The number of nitrogens with one attached hydrogen (secondary N) is 2. The van der Waals surface area contributed by atoms with Crippen molar-refractivity contribution in [2.75, 3.05) is 0 Å². The van der Waals surface area contributed by atoms with Crippen molar-refractivity contribution in [3.8, 4) is 11.5 Å². The maximum absolute atomic E-state index is 14.8. The number of carbonyl (C=O) groups excluding carboxylic acids is 3. The largest absolute Gasteiger partial charge is 0.508 e. The molecular weight excluding hydrogens is 558 g/mol. The lowest BCUT2D eigenvalue weighted by Crippen LogP contribution is -2.57. The summed E-state index contributed by atoms with van der Waals surface area (Å²) in [4.78, 5) is 43.6. The van der Waals surface area contributed by atoms with Crippen LogP contribution in [-0.4, -0.2) is 56.7 Å². The molecule has 0 radical (unpaired) electrons. The van der Waals surface area contributed by atoms with Crippen molar-refractivity contribution in [3.63, 3.8) is 0 Å². The molecule has 9 heteroatoms. The molecule has 1 saturated carbocycles. The molecule has 1 aliphatic rings. The lowest BCUT2D eigenvalue weighted by Gasteiger charge is -2.39. The first kappa shape index (κ1) is 34.7. The summed E-state index contributed by atoms with van der Waals surface area (Å²) in [5.41, 5.74) is 0.418. The Bertz CT molecular complexity index is 1230. The van der Waals surface area contributed by atoms with Crippen molar-refractivity contribution in [2.45, 2.75) is 123 Å². The zero-order valence-electron chi connectivity index (χ0n) is 27.1. The molecule has 0 heterocycles. The Morgan fingerprint density at radius 1 is 0.932 bits per heavy atom. The van der Waals surface area contributed by atoms with Crippen LogP contribution in [0.2, 0.25) is 0 Å². The molecule has 0 aliphatic heterocycles. The van der Waals surface area contributed by atoms with Crippen LogP contribution in [0.1, 0.15) is 104 Å². The summed E-state index contributed by atoms with van der Waals surface area (Å²) in [6.07, 6.45) is 5.77. The molecule has 3 atom stereocenters. The Kier molecular flexibility index (Phi) is 12.5. The van der Waals surface area contributed by atoms with Gasteiger partial charge in [-0.3, -0.25) is 9.59 Å². The normalized spacial score (nSPS) is 16.1. The number of ether oxygens (including phenoxy) is 1. The maximum Gasteiger partial charge on any atom is 0.408 e. The molecule has 242 valence electrons. The molecule has 2 aromatic carbocycles. The second-order valence-corrected chi connectivity index (χ2v) is 13.5. The molecule has 1 aliphatic carbocycles. The van der Waals surface area contributed by atoms with Gasteiger partial charge in [-0.2, -0.15) is 0 Å². The zero-order chi connectivity index (χ0) is 32.4. The predicted octanol–water partition coefficient (Wildman–Crippen LogP) is 6.38. The number of carbonyl (C=O) groups is 3. The monoisotopic (exact) mass is 609 g/mol. The molecule has 44 heavy (non-hydrogen) atoms. The molecule has 0 spiro atoms. The van der Waals surface area contributed by atoms with Gasteiger partial charge in [-0.25, -0.2) is 4.79 Å². The SMILES string of the molecule is CC(C)CCC(C)N(C(=O)C(Cc1ccc(O)cc1)NC(=O)OC(C)(C)C)C(C(=O)NC1CCCCC1)c1cccc(O)c1. The fraction of sp³-hybridized carbons (Fsp3) is 0.571. The number of phenols is 2. The van der Waals surface area contributed by atoms with Gasteiger partial charge in [0.25, 0.3) is 0 Å². The third-order valence-corrected chi connectivity index (χ3v) is 7.92. The van der Waals surface area contributed by atoms with E-state index in [0.29, 0.717) is 23.5 Å². The van der Waals surface area contributed by atoms with Crippen LogP contribution in [0.5, 0.6) is 11.5 Å². The highest BCUT2D eigenvalue weighted by molar-refractivity contribution is 5.92. The number of rotatable bonds is 12. The lowest BCUT2D eigenvalue weighted by molar-refractivity contribution is -0.145. The van der Waals surface area contributed by atoms with Crippen LogP contribution < -0.4 is 10.6 Å². The first-order valence-corrected chi connectivity index (χ1v) is 15.9. The van der Waals surface area contributed by atoms with Crippen LogP contribution in [0.4, 0.5) is 4.79 Å². The van der Waals surface area contributed by atoms with Gasteiger partial charge in [-0.05, 0) is 94.7 Å². The first-order valence-electron chi connectivity index (χ1n) is 15.9. The molecule has 2 aromatic rings. The van der Waals surface area contributed by atoms with E-state index in [-0.39, 0.29) is 35.9 Å². The second kappa shape index (κ2) is 15.8. The number of nitrogens with zero attached hydrogens (tertiary/aromatic N) is 1. The van der Waals surface area contributed by atoms with Gasteiger partial charge in [0.2, 0.25) is 11.8 Å². The van der Waals surface area contributed by atoms with Crippen LogP contribution in [0, 0.1) is 5.92 Å². The minimum absolute atomic E-state index is 0.00617. The third-order valence-electron chi connectivity index (χ3n) is 7.92. The highest BCUT2D eigenvalue weighted by atomic mass is 16.6. The van der Waals surface area contributed by atoms with Crippen LogP contribution in [0.3, 0.4) is 0 Å². The number of hydrogen-bond donors (Lipinski definition) is 4. The predicted molar refractivity (Wildman–Crippen MR) is 171 cm³/mol. The molecule has 4 N–H and O–H groups in total. The van der Waals surface area contributed by atoms with E-state index in [0.717, 1.165) is 38.5 Å². The van der Waals surface area contributed by atoms with E-state index >= 15 is 0 Å². The van der Waals surface area contributed by atoms with Crippen LogP contribution in [0.25, 0.3) is 0 Å². The summed E-state index contributed by atoms with van der Waals surface area (Å²) in [5.74, 6) is -0.297. The summed E-state index contributed by atoms with van der Waals surface area (Å²) in [5, 5.41) is 26.2. The molecule has 9 nitrogen and oxygen atoms in total. The van der Waals surface area contributed by atoms with Crippen molar-refractivity contribution in [1.82, 2.24) is 15.5 Å². The van der Waals surface area contributed by atoms with E-state index in [2.05, 4.69) is 24.5 Å². The van der Waals surface area contributed by atoms with Gasteiger partial charge in [-0.15, -0.1) is 0 Å². The quantitative estimate of drug-likeness (QED) is 0.221. The number of alkyl carbamates (subject to hydrolysis) is 1. The molecule has 3 unspecified atom stereocenters. The lowest BCUT2D eigenvalue weighted by atomic mass is 9.93. The molecule has 0 bridgehead atoms. The molecule has 3 rings (SSSR count). The highest BCUT2D eigenvalue weighted by Gasteiger charge is 2.39. The van der Waals surface area contributed by atoms with E-state index in [4.69, 9.17) is 4.74 Å². The average molecular weight is 610 g/mol. The van der Waals surface area contributed by atoms with Gasteiger partial charge in [0.05, 0.1) is 0 Å². The van der Waals surface area contributed by atoms with E-state index in [9.17, 15) is 24.6 Å². The van der Waals surface area contributed by atoms with Crippen LogP contribution in [-0.2, 0) is 20.7 Å². The fourth-order valence-electron chi connectivity index (χ4n) is 5.67. The summed E-state index contributed by atoms with van der Waals surface area (Å²) < 4.78 is 5.53. The topological polar surface area (TPSA) is 128 Å². The summed E-state index contributed by atoms with van der Waals surface area (Å²) in [6.45, 7) is 11.4. The van der Waals surface area contributed by atoms with E-state index in [1.165, 1.54) is 24.3 Å². The number of aromatic hydroxyl groups is 2. The number of hydrogen-bond acceptors (Lipinski definition) is 6. The molecule has 3 amide bonds. The standard InChI is InChI=1S/C35H51N3O6/c1-23(2)15-16-24(3)38(31(26-11-10-14-29(40)22-26)32(41)36-27-12-8-7-9-13-27)33(42)30(37-34(43)44-35(4,5)6)21-25-17-19-28(39)20-18-25/h10-11,14,17-20,22-24,27,30-31,39-40H,7-9,12-13,15-16,21H2,1-6H3,(H,36,41)(H,37,43). The van der Waals surface area contributed by atoms with Crippen molar-refractivity contribution in [1.29, 1.82) is 0 Å². The average Bonchev–Trinajstić information content (AvgIpc) is 2.94. The molecule has 1 fully saturated rings. The Morgan fingerprint density at radius 3 is 2.18 bits per heavy atom. The fourth-order valence-corrected chi connectivity index (χ4v) is 5.67. The molecule has 0 saturated heterocycles. The van der Waals surface area contributed by atoms with Crippen molar-refractivity contribution >= 4 is 17.9 Å². The van der Waals surface area contributed by atoms with E-state index in [1.54, 1.807) is 49.9 Å². The van der Waals surface area contributed by atoms with Crippen LogP contribution >= 0.6 is 0 Å². The van der Waals surface area contributed by atoms with E-state index < -0.39 is 29.7 Å². The Hall–Kier alpha value is -3.75. The smallest absolute Gasteiger partial charge is 0.408 e. The molecule has 0 aromatic heterocycles. The second-order valence-electron chi connectivity index (χ2n) is 13.5. The van der Waals surface area contributed by atoms with Gasteiger partial charge in [0.1, 0.15) is 29.2 Å². The highest BCUT2D eigenvalue weighted by Crippen LogP contribution is 2.31. The van der Waals surface area contributed by atoms with Gasteiger partial charge >= 0.3 is 6.09 Å². The number of amides is 3. The summed E-state index contributed by atoms with van der Waals surface area (Å²) in [6, 6.07) is 10.4. The minimum Gasteiger partial charge on any atom is -0.508 e. The number of phenolic OH excluding ortho intramolecular Hbond substituents is 2.